The molecule has 1 saturated carbocycles. The first-order chi connectivity index (χ1) is 10.9. The topological polar surface area (TPSA) is 50.3 Å². The fraction of sp³-hybridized carbons (Fsp3) is 0.500. The quantitative estimate of drug-likeness (QED) is 0.918. The molecule has 0 radical (unpaired) electrons. The summed E-state index contributed by atoms with van der Waals surface area (Å²) in [4.78, 5) is 7.12. The van der Waals surface area contributed by atoms with E-state index in [1.807, 2.05) is 30.3 Å². The van der Waals surface area contributed by atoms with Crippen molar-refractivity contribution in [3.8, 4) is 11.4 Å². The summed E-state index contributed by atoms with van der Waals surface area (Å²) < 4.78 is 10.3. The van der Waals surface area contributed by atoms with Gasteiger partial charge in [0.15, 0.2) is 5.82 Å². The molecular formula is C16H20N4OS. The maximum Gasteiger partial charge on any atom is 0.202 e. The van der Waals surface area contributed by atoms with Crippen molar-refractivity contribution in [1.29, 1.82) is 0 Å². The molecule has 2 aromatic rings. The van der Waals surface area contributed by atoms with Crippen LogP contribution in [0.5, 0.6) is 0 Å². The fourth-order valence-corrected chi connectivity index (χ4v) is 3.43. The number of aromatic nitrogens is 2. The molecule has 0 spiro atoms. The lowest BCUT2D eigenvalue weighted by Gasteiger charge is -2.32. The van der Waals surface area contributed by atoms with Crippen molar-refractivity contribution in [3.05, 3.63) is 30.3 Å². The lowest BCUT2D eigenvalue weighted by atomic mass is 10.2. The van der Waals surface area contributed by atoms with Crippen molar-refractivity contribution in [2.75, 3.05) is 31.6 Å². The molecule has 2 aliphatic rings. The van der Waals surface area contributed by atoms with Gasteiger partial charge in [-0.2, -0.15) is 9.36 Å². The Morgan fingerprint density at radius 3 is 2.95 bits per heavy atom. The van der Waals surface area contributed by atoms with E-state index in [1.165, 1.54) is 24.4 Å². The van der Waals surface area contributed by atoms with Gasteiger partial charge in [-0.1, -0.05) is 30.3 Å². The number of morpholine rings is 1. The van der Waals surface area contributed by atoms with E-state index in [2.05, 4.69) is 19.6 Å². The van der Waals surface area contributed by atoms with Gasteiger partial charge in [0.05, 0.1) is 12.7 Å². The lowest BCUT2D eigenvalue weighted by Crippen LogP contribution is -2.46. The maximum atomic E-state index is 5.85. The standard InChI is InChI=1S/C16H20N4OS/c1-2-4-12(5-3-1)15-18-16(22-19-15)17-10-14-11-20(8-9-21-14)13-6-7-13/h1-5,13-14H,6-11H2,(H,17,18,19). The zero-order chi connectivity index (χ0) is 14.8. The van der Waals surface area contributed by atoms with Crippen LogP contribution in [-0.4, -0.2) is 52.6 Å². The van der Waals surface area contributed by atoms with Gasteiger partial charge in [-0.25, -0.2) is 0 Å². The Labute approximate surface area is 134 Å². The molecule has 1 N–H and O–H groups in total. The summed E-state index contributed by atoms with van der Waals surface area (Å²) in [6.07, 6.45) is 2.96. The van der Waals surface area contributed by atoms with Gasteiger partial charge in [0.2, 0.25) is 5.13 Å². The Balaban J connectivity index is 1.33. The Morgan fingerprint density at radius 1 is 1.27 bits per heavy atom. The molecule has 1 aliphatic heterocycles. The van der Waals surface area contributed by atoms with E-state index in [4.69, 9.17) is 4.74 Å². The maximum absolute atomic E-state index is 5.85. The van der Waals surface area contributed by atoms with Gasteiger partial charge in [-0.3, -0.25) is 4.90 Å². The summed E-state index contributed by atoms with van der Waals surface area (Å²) in [5.41, 5.74) is 1.06. The molecule has 0 bridgehead atoms. The Kier molecular flexibility index (Phi) is 4.05. The molecule has 1 unspecified atom stereocenters. The highest BCUT2D eigenvalue weighted by molar-refractivity contribution is 7.09. The molecule has 116 valence electrons. The summed E-state index contributed by atoms with van der Waals surface area (Å²) in [6, 6.07) is 10.9. The third-order valence-corrected chi connectivity index (χ3v) is 4.85. The van der Waals surface area contributed by atoms with Crippen molar-refractivity contribution in [1.82, 2.24) is 14.3 Å². The number of ether oxygens (including phenoxy) is 1. The molecule has 1 aliphatic carbocycles. The summed E-state index contributed by atoms with van der Waals surface area (Å²) in [5.74, 6) is 0.789. The van der Waals surface area contributed by atoms with E-state index in [-0.39, 0.29) is 6.10 Å². The zero-order valence-corrected chi connectivity index (χ0v) is 13.3. The van der Waals surface area contributed by atoms with Crippen molar-refractivity contribution in [2.24, 2.45) is 0 Å². The highest BCUT2D eigenvalue weighted by atomic mass is 32.1. The Hall–Kier alpha value is -1.50. The van der Waals surface area contributed by atoms with E-state index >= 15 is 0 Å². The van der Waals surface area contributed by atoms with Crippen molar-refractivity contribution in [2.45, 2.75) is 25.0 Å². The normalized spacial score (nSPS) is 22.6. The fourth-order valence-electron chi connectivity index (χ4n) is 2.84. The second kappa shape index (κ2) is 6.32. The smallest absolute Gasteiger partial charge is 0.202 e. The van der Waals surface area contributed by atoms with E-state index in [9.17, 15) is 0 Å². The minimum absolute atomic E-state index is 0.249. The molecule has 6 heteroatoms. The van der Waals surface area contributed by atoms with Gasteiger partial charge in [0.1, 0.15) is 0 Å². The zero-order valence-electron chi connectivity index (χ0n) is 12.4. The van der Waals surface area contributed by atoms with Crippen LogP contribution in [0.25, 0.3) is 11.4 Å². The third-order valence-electron chi connectivity index (χ3n) is 4.17. The van der Waals surface area contributed by atoms with Gasteiger partial charge in [0.25, 0.3) is 0 Å². The van der Waals surface area contributed by atoms with Crippen LogP contribution in [0.15, 0.2) is 30.3 Å². The van der Waals surface area contributed by atoms with Crippen molar-refractivity contribution >= 4 is 16.7 Å². The molecule has 2 heterocycles. The molecule has 1 aromatic heterocycles. The Morgan fingerprint density at radius 2 is 2.14 bits per heavy atom. The van der Waals surface area contributed by atoms with E-state index in [1.54, 1.807) is 0 Å². The van der Waals surface area contributed by atoms with Crippen LogP contribution in [0.4, 0.5) is 5.13 Å². The van der Waals surface area contributed by atoms with E-state index < -0.39 is 0 Å². The summed E-state index contributed by atoms with van der Waals surface area (Å²) >= 11 is 1.41. The van der Waals surface area contributed by atoms with Gasteiger partial charge < -0.3 is 10.1 Å². The number of hydrogen-bond donors (Lipinski definition) is 1. The van der Waals surface area contributed by atoms with Gasteiger partial charge in [-0.15, -0.1) is 0 Å². The highest BCUT2D eigenvalue weighted by Crippen LogP contribution is 2.28. The predicted molar refractivity (Wildman–Crippen MR) is 88.2 cm³/mol. The molecule has 4 rings (SSSR count). The first kappa shape index (κ1) is 14.1. The number of nitrogens with one attached hydrogen (secondary N) is 1. The first-order valence-electron chi connectivity index (χ1n) is 7.87. The molecule has 5 nitrogen and oxygen atoms in total. The number of nitrogens with zero attached hydrogens (tertiary/aromatic N) is 3. The van der Waals surface area contributed by atoms with Gasteiger partial charge in [-0.05, 0) is 12.8 Å². The average molecular weight is 316 g/mol. The molecule has 1 saturated heterocycles. The summed E-state index contributed by atoms with van der Waals surface area (Å²) in [7, 11) is 0. The monoisotopic (exact) mass is 316 g/mol. The van der Waals surface area contributed by atoms with Crippen LogP contribution in [0.3, 0.4) is 0 Å². The first-order valence-corrected chi connectivity index (χ1v) is 8.64. The van der Waals surface area contributed by atoms with E-state index in [0.29, 0.717) is 0 Å². The molecule has 0 amide bonds. The number of rotatable bonds is 5. The van der Waals surface area contributed by atoms with Crippen LogP contribution < -0.4 is 5.32 Å². The summed E-state index contributed by atoms with van der Waals surface area (Å²) in [6.45, 7) is 3.75. The lowest BCUT2D eigenvalue weighted by molar-refractivity contribution is -0.0241. The van der Waals surface area contributed by atoms with Crippen LogP contribution in [-0.2, 0) is 4.74 Å². The van der Waals surface area contributed by atoms with Gasteiger partial charge >= 0.3 is 0 Å². The SMILES string of the molecule is c1ccc(-c2nsc(NCC3CN(C4CC4)CCO3)n2)cc1. The second-order valence-corrected chi connectivity index (χ2v) is 6.64. The molecular weight excluding hydrogens is 296 g/mol. The molecule has 2 fully saturated rings. The van der Waals surface area contributed by atoms with Crippen LogP contribution in [0.2, 0.25) is 0 Å². The van der Waals surface area contributed by atoms with Crippen molar-refractivity contribution < 1.29 is 4.74 Å². The number of anilines is 1. The molecule has 1 aromatic carbocycles. The average Bonchev–Trinajstić information content (AvgIpc) is 3.32. The minimum atomic E-state index is 0.249. The van der Waals surface area contributed by atoms with E-state index in [0.717, 1.165) is 48.8 Å². The Bertz CT molecular complexity index is 614. The van der Waals surface area contributed by atoms with Gasteiger partial charge in [0, 0.05) is 42.8 Å². The number of hydrogen-bond acceptors (Lipinski definition) is 6. The van der Waals surface area contributed by atoms with Crippen LogP contribution >= 0.6 is 11.5 Å². The molecule has 1 atom stereocenters. The summed E-state index contributed by atoms with van der Waals surface area (Å²) in [5, 5.41) is 4.24. The third kappa shape index (κ3) is 3.29. The van der Waals surface area contributed by atoms with Crippen LogP contribution in [0.1, 0.15) is 12.8 Å². The number of benzene rings is 1. The van der Waals surface area contributed by atoms with Crippen LogP contribution in [0, 0.1) is 0 Å². The highest BCUT2D eigenvalue weighted by Gasteiger charge is 2.32. The minimum Gasteiger partial charge on any atom is -0.374 e. The van der Waals surface area contributed by atoms with Crippen molar-refractivity contribution in [3.63, 3.8) is 0 Å². The second-order valence-electron chi connectivity index (χ2n) is 5.89. The largest absolute Gasteiger partial charge is 0.374 e. The molecule has 22 heavy (non-hydrogen) atoms. The predicted octanol–water partition coefficient (Wildman–Crippen LogP) is 2.48.